The summed E-state index contributed by atoms with van der Waals surface area (Å²) >= 11 is 5.44. The number of carbonyl (C=O) groups excluding carboxylic acids is 1. The molecule has 0 N–H and O–H groups in total. The van der Waals surface area contributed by atoms with Crippen molar-refractivity contribution in [2.24, 2.45) is 0 Å². The Morgan fingerprint density at radius 2 is 2.21 bits per heavy atom. The first kappa shape index (κ1) is 13.4. The van der Waals surface area contributed by atoms with Gasteiger partial charge in [0, 0.05) is 5.56 Å². The van der Waals surface area contributed by atoms with E-state index in [9.17, 15) is 4.79 Å². The van der Waals surface area contributed by atoms with Gasteiger partial charge < -0.3 is 13.9 Å². The molecular weight excluding hydrogens is 272 g/mol. The van der Waals surface area contributed by atoms with Gasteiger partial charge in [-0.3, -0.25) is 4.79 Å². The number of rotatable bonds is 5. The van der Waals surface area contributed by atoms with Crippen LogP contribution in [-0.4, -0.2) is 29.2 Å². The molecule has 0 spiro atoms. The first-order valence-electron chi connectivity index (χ1n) is 5.50. The van der Waals surface area contributed by atoms with Crippen LogP contribution < -0.4 is 9.47 Å². The Labute approximate surface area is 114 Å². The summed E-state index contributed by atoms with van der Waals surface area (Å²) in [5.74, 6) is 0.688. The minimum Gasteiger partial charge on any atom is -0.496 e. The molecule has 2 aromatic rings. The smallest absolute Gasteiger partial charge is 0.414 e. The number of hydrogen-bond acceptors (Lipinski definition) is 6. The Morgan fingerprint density at radius 1 is 1.42 bits per heavy atom. The average Bonchev–Trinajstić information content (AvgIpc) is 2.87. The number of halogens is 1. The molecule has 0 aliphatic carbocycles. The van der Waals surface area contributed by atoms with Gasteiger partial charge in [-0.1, -0.05) is 5.10 Å². The highest BCUT2D eigenvalue weighted by molar-refractivity contribution is 6.67. The lowest BCUT2D eigenvalue weighted by Gasteiger charge is -2.05. The van der Waals surface area contributed by atoms with Crippen molar-refractivity contribution in [2.75, 3.05) is 13.7 Å². The minimum atomic E-state index is -0.576. The minimum absolute atomic E-state index is 0.0576. The quantitative estimate of drug-likeness (QED) is 0.785. The van der Waals surface area contributed by atoms with E-state index in [1.54, 1.807) is 19.1 Å². The molecular formula is C12H11ClN2O4. The Balaban J connectivity index is 2.45. The molecule has 0 aliphatic rings. The van der Waals surface area contributed by atoms with Crippen molar-refractivity contribution in [1.29, 1.82) is 0 Å². The number of benzene rings is 1. The van der Waals surface area contributed by atoms with Crippen LogP contribution in [0.2, 0.25) is 0 Å². The van der Waals surface area contributed by atoms with Crippen molar-refractivity contribution in [3.63, 3.8) is 0 Å². The second-order valence-electron chi connectivity index (χ2n) is 3.49. The Hall–Kier alpha value is -2.08. The summed E-state index contributed by atoms with van der Waals surface area (Å²) in [5.41, 5.74) is 0.793. The van der Waals surface area contributed by atoms with Crippen molar-refractivity contribution in [3.8, 4) is 23.3 Å². The fourth-order valence-corrected chi connectivity index (χ4v) is 1.62. The zero-order chi connectivity index (χ0) is 13.8. The second kappa shape index (κ2) is 5.71. The molecule has 19 heavy (non-hydrogen) atoms. The summed E-state index contributed by atoms with van der Waals surface area (Å²) in [5, 5.41) is 6.98. The number of nitrogens with zero attached hydrogens (tertiary/aromatic N) is 2. The third-order valence-electron chi connectivity index (χ3n) is 2.33. The van der Waals surface area contributed by atoms with E-state index in [-0.39, 0.29) is 12.0 Å². The van der Waals surface area contributed by atoms with Crippen molar-refractivity contribution in [1.82, 2.24) is 10.2 Å². The molecule has 0 saturated carbocycles. The number of hydrogen-bond donors (Lipinski definition) is 0. The van der Waals surface area contributed by atoms with Crippen molar-refractivity contribution in [3.05, 3.63) is 23.8 Å². The molecule has 0 atom stereocenters. The second-order valence-corrected chi connectivity index (χ2v) is 3.84. The monoisotopic (exact) mass is 282 g/mol. The molecule has 0 radical (unpaired) electrons. The zero-order valence-corrected chi connectivity index (χ0v) is 11.1. The van der Waals surface area contributed by atoms with E-state index >= 15 is 0 Å². The predicted molar refractivity (Wildman–Crippen MR) is 67.6 cm³/mol. The molecule has 6 nitrogen and oxygen atoms in total. The average molecular weight is 283 g/mol. The summed E-state index contributed by atoms with van der Waals surface area (Å²) in [6, 6.07) is 4.68. The van der Waals surface area contributed by atoms with Gasteiger partial charge in [-0.2, -0.15) is 0 Å². The third kappa shape index (κ3) is 2.85. The molecule has 0 aliphatic heterocycles. The van der Waals surface area contributed by atoms with Gasteiger partial charge in [-0.25, -0.2) is 0 Å². The summed E-state index contributed by atoms with van der Waals surface area (Å²) < 4.78 is 15.6. The molecule has 0 amide bonds. The highest BCUT2D eigenvalue weighted by Crippen LogP contribution is 2.31. The largest absolute Gasteiger partial charge is 0.496 e. The molecule has 0 bridgehead atoms. The number of methoxy groups -OCH3 is 1. The van der Waals surface area contributed by atoms with Crippen LogP contribution in [0.4, 0.5) is 0 Å². The van der Waals surface area contributed by atoms with E-state index in [0.717, 1.165) is 0 Å². The van der Waals surface area contributed by atoms with Crippen LogP contribution in [0.25, 0.3) is 11.5 Å². The fourth-order valence-electron chi connectivity index (χ4n) is 1.50. The Kier molecular flexibility index (Phi) is 4.01. The van der Waals surface area contributed by atoms with Crippen LogP contribution in [0.15, 0.2) is 22.6 Å². The third-order valence-corrected chi connectivity index (χ3v) is 2.55. The van der Waals surface area contributed by atoms with Gasteiger partial charge in [-0.05, 0) is 36.7 Å². The maximum Gasteiger partial charge on any atom is 0.414 e. The van der Waals surface area contributed by atoms with Crippen LogP contribution in [-0.2, 0) is 0 Å². The molecule has 7 heteroatoms. The summed E-state index contributed by atoms with van der Waals surface area (Å²) in [6.07, 6.45) is 0.0576. The maximum atomic E-state index is 11.2. The van der Waals surface area contributed by atoms with Gasteiger partial charge in [0.15, 0.2) is 0 Å². The molecule has 0 saturated heterocycles. The van der Waals surface area contributed by atoms with Gasteiger partial charge in [-0.15, -0.1) is 5.10 Å². The van der Waals surface area contributed by atoms with Gasteiger partial charge >= 0.3 is 6.08 Å². The molecule has 1 aromatic heterocycles. The van der Waals surface area contributed by atoms with Crippen LogP contribution in [0, 0.1) is 0 Å². The highest BCUT2D eigenvalue weighted by atomic mass is 35.5. The highest BCUT2D eigenvalue weighted by Gasteiger charge is 2.16. The van der Waals surface area contributed by atoms with Gasteiger partial charge in [0.05, 0.1) is 19.3 Å². The van der Waals surface area contributed by atoms with Crippen LogP contribution in [0.3, 0.4) is 0 Å². The molecule has 1 aromatic carbocycles. The Bertz CT molecular complexity index is 597. The van der Waals surface area contributed by atoms with E-state index in [4.69, 9.17) is 25.5 Å². The van der Waals surface area contributed by atoms with Crippen LogP contribution in [0.5, 0.6) is 11.8 Å². The number of ether oxygens (including phenoxy) is 2. The van der Waals surface area contributed by atoms with E-state index in [2.05, 4.69) is 10.2 Å². The molecule has 0 fully saturated rings. The summed E-state index contributed by atoms with van der Waals surface area (Å²) in [6.45, 7) is 2.22. The van der Waals surface area contributed by atoms with E-state index < -0.39 is 5.24 Å². The van der Waals surface area contributed by atoms with Crippen molar-refractivity contribution < 1.29 is 18.7 Å². The van der Waals surface area contributed by atoms with E-state index in [0.29, 0.717) is 23.5 Å². The predicted octanol–water partition coefficient (Wildman–Crippen LogP) is 2.52. The number of carbonyl (C=O) groups is 1. The first-order valence-corrected chi connectivity index (χ1v) is 5.88. The van der Waals surface area contributed by atoms with Gasteiger partial charge in [0.2, 0.25) is 0 Å². The SMILES string of the molecule is CCOc1nnc(-c2cc(C(=O)Cl)ccc2OC)o1. The van der Waals surface area contributed by atoms with Gasteiger partial charge in [0.1, 0.15) is 5.75 Å². The molecule has 1 heterocycles. The first-order chi connectivity index (χ1) is 9.15. The zero-order valence-electron chi connectivity index (χ0n) is 10.3. The standard InChI is InChI=1S/C12H11ClN2O4/c1-3-18-12-15-14-11(19-12)8-6-7(10(13)16)4-5-9(8)17-2/h4-6H,3H2,1-2H3. The lowest BCUT2D eigenvalue weighted by molar-refractivity contribution is 0.108. The summed E-state index contributed by atoms with van der Waals surface area (Å²) in [4.78, 5) is 11.2. The lowest BCUT2D eigenvalue weighted by atomic mass is 10.1. The molecule has 0 unspecified atom stereocenters. The van der Waals surface area contributed by atoms with Crippen LogP contribution in [0.1, 0.15) is 17.3 Å². The van der Waals surface area contributed by atoms with Gasteiger partial charge in [0.25, 0.3) is 11.1 Å². The Morgan fingerprint density at radius 3 is 2.84 bits per heavy atom. The van der Waals surface area contributed by atoms with Crippen LogP contribution >= 0.6 is 11.6 Å². The lowest BCUT2D eigenvalue weighted by Crippen LogP contribution is -1.93. The number of aromatic nitrogens is 2. The van der Waals surface area contributed by atoms with E-state index in [1.807, 2.05) is 0 Å². The van der Waals surface area contributed by atoms with Crippen molar-refractivity contribution >= 4 is 16.8 Å². The van der Waals surface area contributed by atoms with Crippen molar-refractivity contribution in [2.45, 2.75) is 6.92 Å². The topological polar surface area (TPSA) is 74.5 Å². The molecule has 2 rings (SSSR count). The molecule has 100 valence electrons. The van der Waals surface area contributed by atoms with E-state index in [1.165, 1.54) is 13.2 Å². The fraction of sp³-hybridized carbons (Fsp3) is 0.250. The normalized spacial score (nSPS) is 10.3. The summed E-state index contributed by atoms with van der Waals surface area (Å²) in [7, 11) is 1.50. The maximum absolute atomic E-state index is 11.2.